The molecule has 6 heteroatoms. The molecule has 0 saturated carbocycles. The van der Waals surface area contributed by atoms with Crippen molar-refractivity contribution in [2.24, 2.45) is 0 Å². The Bertz CT molecular complexity index is 875. The highest BCUT2D eigenvalue weighted by Crippen LogP contribution is 2.35. The predicted octanol–water partition coefficient (Wildman–Crippen LogP) is 2.42. The predicted molar refractivity (Wildman–Crippen MR) is 88.8 cm³/mol. The van der Waals surface area contributed by atoms with Crippen molar-refractivity contribution in [3.05, 3.63) is 71.5 Å². The Balaban J connectivity index is 1.61. The Hall–Kier alpha value is -3.02. The zero-order valence-corrected chi connectivity index (χ0v) is 13.3. The number of aromatic nitrogens is 4. The average molecular weight is 319 g/mol. The van der Waals surface area contributed by atoms with Gasteiger partial charge in [-0.3, -0.25) is 4.79 Å². The van der Waals surface area contributed by atoms with Gasteiger partial charge in [0.15, 0.2) is 0 Å². The highest BCUT2D eigenvalue weighted by atomic mass is 16.2. The molecule has 0 aliphatic heterocycles. The second-order valence-corrected chi connectivity index (χ2v) is 5.97. The van der Waals surface area contributed by atoms with E-state index in [9.17, 15) is 4.79 Å². The molecule has 0 spiro atoms. The van der Waals surface area contributed by atoms with E-state index >= 15 is 0 Å². The summed E-state index contributed by atoms with van der Waals surface area (Å²) in [5, 5.41) is 11.1. The maximum atomic E-state index is 12.9. The lowest BCUT2D eigenvalue weighted by atomic mass is 10.1. The fourth-order valence-electron chi connectivity index (χ4n) is 3.34. The number of tetrazole rings is 1. The van der Waals surface area contributed by atoms with E-state index in [1.54, 1.807) is 4.68 Å². The Morgan fingerprint density at radius 1 is 1.21 bits per heavy atom. The molecule has 120 valence electrons. The summed E-state index contributed by atoms with van der Waals surface area (Å²) in [6.07, 6.45) is 3.50. The van der Waals surface area contributed by atoms with E-state index in [1.165, 1.54) is 17.5 Å². The number of nitrogens with zero attached hydrogens (tertiary/aromatic N) is 5. The number of hydrogen-bond acceptors (Lipinski definition) is 4. The van der Waals surface area contributed by atoms with Crippen LogP contribution in [0.3, 0.4) is 0 Å². The van der Waals surface area contributed by atoms with Crippen molar-refractivity contribution in [1.29, 1.82) is 0 Å². The molecule has 1 aliphatic rings. The molecule has 1 aromatic heterocycles. The van der Waals surface area contributed by atoms with Gasteiger partial charge in [0.1, 0.15) is 6.33 Å². The van der Waals surface area contributed by atoms with E-state index in [0.29, 0.717) is 5.56 Å². The van der Waals surface area contributed by atoms with Crippen molar-refractivity contribution in [2.45, 2.75) is 18.9 Å². The van der Waals surface area contributed by atoms with E-state index in [2.05, 4.69) is 33.7 Å². The largest absolute Gasteiger partial charge is 0.335 e. The standard InChI is InChI=1S/C18H17N5O/c1-22(17-10-9-13-5-2-3-8-16(13)17)18(24)14-6-4-7-15(11-14)23-12-19-20-21-23/h2-8,11-12,17H,9-10H2,1H3. The summed E-state index contributed by atoms with van der Waals surface area (Å²) in [7, 11) is 1.87. The third kappa shape index (κ3) is 2.46. The molecule has 0 N–H and O–H groups in total. The SMILES string of the molecule is CN(C(=O)c1cccc(-n2cnnn2)c1)C1CCc2ccccc21. The van der Waals surface area contributed by atoms with Crippen LogP contribution in [0.4, 0.5) is 0 Å². The van der Waals surface area contributed by atoms with Gasteiger partial charge in [0.05, 0.1) is 11.7 Å². The first-order valence-corrected chi connectivity index (χ1v) is 7.92. The van der Waals surface area contributed by atoms with Crippen LogP contribution in [-0.4, -0.2) is 38.1 Å². The summed E-state index contributed by atoms with van der Waals surface area (Å²) in [5.41, 5.74) is 4.00. The van der Waals surface area contributed by atoms with Crippen molar-refractivity contribution >= 4 is 5.91 Å². The lowest BCUT2D eigenvalue weighted by molar-refractivity contribution is 0.0730. The van der Waals surface area contributed by atoms with Gasteiger partial charge in [0, 0.05) is 12.6 Å². The number of rotatable bonds is 3. The van der Waals surface area contributed by atoms with Crippen LogP contribution in [0.1, 0.15) is 33.9 Å². The molecule has 1 heterocycles. The molecule has 0 saturated heterocycles. The van der Waals surface area contributed by atoms with Crippen molar-refractivity contribution in [3.8, 4) is 5.69 Å². The third-order valence-electron chi connectivity index (χ3n) is 4.60. The Morgan fingerprint density at radius 3 is 2.92 bits per heavy atom. The number of amides is 1. The second kappa shape index (κ2) is 5.88. The topological polar surface area (TPSA) is 63.9 Å². The van der Waals surface area contributed by atoms with E-state index in [-0.39, 0.29) is 11.9 Å². The van der Waals surface area contributed by atoms with E-state index in [0.717, 1.165) is 18.5 Å². The number of hydrogen-bond donors (Lipinski definition) is 0. The molecular weight excluding hydrogens is 302 g/mol. The molecule has 0 bridgehead atoms. The first-order valence-electron chi connectivity index (χ1n) is 7.92. The average Bonchev–Trinajstić information content (AvgIpc) is 3.30. The van der Waals surface area contributed by atoms with Crippen molar-refractivity contribution in [3.63, 3.8) is 0 Å². The lowest BCUT2D eigenvalue weighted by Gasteiger charge is -2.25. The van der Waals surface area contributed by atoms with Crippen LogP contribution in [0.5, 0.6) is 0 Å². The van der Waals surface area contributed by atoms with Crippen LogP contribution in [-0.2, 0) is 6.42 Å². The second-order valence-electron chi connectivity index (χ2n) is 5.97. The van der Waals surface area contributed by atoms with E-state index in [1.807, 2.05) is 42.3 Å². The third-order valence-corrected chi connectivity index (χ3v) is 4.60. The van der Waals surface area contributed by atoms with Gasteiger partial charge in [-0.15, -0.1) is 5.10 Å². The molecule has 2 aromatic carbocycles. The van der Waals surface area contributed by atoms with Gasteiger partial charge >= 0.3 is 0 Å². The van der Waals surface area contributed by atoms with Crippen molar-refractivity contribution in [2.75, 3.05) is 7.05 Å². The Labute approximate surface area is 139 Å². The first-order chi connectivity index (χ1) is 11.7. The fourth-order valence-corrected chi connectivity index (χ4v) is 3.34. The van der Waals surface area contributed by atoms with Gasteiger partial charge in [-0.05, 0) is 52.6 Å². The van der Waals surface area contributed by atoms with Gasteiger partial charge in [0.25, 0.3) is 5.91 Å². The number of aryl methyl sites for hydroxylation is 1. The Kier molecular flexibility index (Phi) is 3.57. The summed E-state index contributed by atoms with van der Waals surface area (Å²) in [6.45, 7) is 0. The zero-order chi connectivity index (χ0) is 16.5. The smallest absolute Gasteiger partial charge is 0.254 e. The van der Waals surface area contributed by atoms with E-state index < -0.39 is 0 Å². The van der Waals surface area contributed by atoms with Crippen LogP contribution in [0.15, 0.2) is 54.9 Å². The van der Waals surface area contributed by atoms with Crippen LogP contribution < -0.4 is 0 Å². The zero-order valence-electron chi connectivity index (χ0n) is 13.3. The summed E-state index contributed by atoms with van der Waals surface area (Å²) in [4.78, 5) is 14.8. The van der Waals surface area contributed by atoms with Gasteiger partial charge in [-0.25, -0.2) is 4.68 Å². The summed E-state index contributed by atoms with van der Waals surface area (Å²) >= 11 is 0. The van der Waals surface area contributed by atoms with E-state index in [4.69, 9.17) is 0 Å². The quantitative estimate of drug-likeness (QED) is 0.744. The molecule has 6 nitrogen and oxygen atoms in total. The minimum atomic E-state index is 0.00614. The highest BCUT2D eigenvalue weighted by Gasteiger charge is 2.28. The molecule has 3 aromatic rings. The molecule has 4 rings (SSSR count). The van der Waals surface area contributed by atoms with Crippen LogP contribution in [0.25, 0.3) is 5.69 Å². The fraction of sp³-hybridized carbons (Fsp3) is 0.222. The Morgan fingerprint density at radius 2 is 2.08 bits per heavy atom. The molecule has 1 atom stereocenters. The van der Waals surface area contributed by atoms with Gasteiger partial charge in [-0.1, -0.05) is 30.3 Å². The summed E-state index contributed by atoms with van der Waals surface area (Å²) in [5.74, 6) is 0.00614. The monoisotopic (exact) mass is 319 g/mol. The molecule has 1 unspecified atom stereocenters. The number of carbonyl (C=O) groups excluding carboxylic acids is 1. The maximum Gasteiger partial charge on any atom is 0.254 e. The molecular formula is C18H17N5O. The van der Waals surface area contributed by atoms with Gasteiger partial charge < -0.3 is 4.90 Å². The number of fused-ring (bicyclic) bond motifs is 1. The molecule has 0 fully saturated rings. The minimum Gasteiger partial charge on any atom is -0.335 e. The molecule has 0 radical (unpaired) electrons. The lowest BCUT2D eigenvalue weighted by Crippen LogP contribution is -2.30. The van der Waals surface area contributed by atoms with Gasteiger partial charge in [0.2, 0.25) is 0 Å². The van der Waals surface area contributed by atoms with Crippen molar-refractivity contribution < 1.29 is 4.79 Å². The van der Waals surface area contributed by atoms with Crippen molar-refractivity contribution in [1.82, 2.24) is 25.1 Å². The van der Waals surface area contributed by atoms with Crippen LogP contribution in [0.2, 0.25) is 0 Å². The summed E-state index contributed by atoms with van der Waals surface area (Å²) < 4.78 is 1.54. The molecule has 24 heavy (non-hydrogen) atoms. The van der Waals surface area contributed by atoms with Gasteiger partial charge in [-0.2, -0.15) is 0 Å². The minimum absolute atomic E-state index is 0.00614. The summed E-state index contributed by atoms with van der Waals surface area (Å²) in [6, 6.07) is 15.8. The normalized spacial score (nSPS) is 16.0. The molecule has 1 aliphatic carbocycles. The molecule has 1 amide bonds. The van der Waals surface area contributed by atoms with Crippen LogP contribution >= 0.6 is 0 Å². The van der Waals surface area contributed by atoms with Crippen LogP contribution in [0, 0.1) is 0 Å². The maximum absolute atomic E-state index is 12.9. The number of benzene rings is 2. The highest BCUT2D eigenvalue weighted by molar-refractivity contribution is 5.95. The number of carbonyl (C=O) groups is 1. The first kappa shape index (κ1) is 14.6.